The van der Waals surface area contributed by atoms with Gasteiger partial charge in [0.15, 0.2) is 0 Å². The van der Waals surface area contributed by atoms with Gasteiger partial charge in [0.1, 0.15) is 17.5 Å². The van der Waals surface area contributed by atoms with Crippen molar-refractivity contribution in [1.82, 2.24) is 0 Å². The van der Waals surface area contributed by atoms with Gasteiger partial charge in [-0.05, 0) is 35.9 Å². The molecule has 0 bridgehead atoms. The molecule has 2 N–H and O–H groups in total. The van der Waals surface area contributed by atoms with E-state index in [4.69, 9.17) is 5.73 Å². The molecule has 0 fully saturated rings. The Morgan fingerprint density at radius 1 is 1.00 bits per heavy atom. The van der Waals surface area contributed by atoms with Gasteiger partial charge < -0.3 is 5.73 Å². The van der Waals surface area contributed by atoms with E-state index in [0.29, 0.717) is 10.0 Å². The average molecular weight is 348 g/mol. The highest BCUT2D eigenvalue weighted by Crippen LogP contribution is 2.30. The Labute approximate surface area is 121 Å². The van der Waals surface area contributed by atoms with E-state index >= 15 is 0 Å². The first kappa shape index (κ1) is 14.3. The van der Waals surface area contributed by atoms with Crippen LogP contribution in [0.4, 0.5) is 18.9 Å². The highest BCUT2D eigenvalue weighted by Gasteiger charge is 2.11. The fraction of sp³-hybridized carbons (Fsp3) is 0.0769. The molecule has 0 aliphatic heterocycles. The van der Waals surface area contributed by atoms with Crippen LogP contribution in [-0.2, 0) is 5.75 Å². The monoisotopic (exact) mass is 347 g/mol. The van der Waals surface area contributed by atoms with Crippen molar-refractivity contribution in [3.05, 3.63) is 57.8 Å². The maximum atomic E-state index is 13.5. The van der Waals surface area contributed by atoms with Crippen molar-refractivity contribution in [1.29, 1.82) is 0 Å². The molecule has 0 unspecified atom stereocenters. The number of benzene rings is 2. The first-order valence-corrected chi connectivity index (χ1v) is 7.06. The Balaban J connectivity index is 2.19. The zero-order valence-corrected chi connectivity index (χ0v) is 12.0. The van der Waals surface area contributed by atoms with Crippen LogP contribution in [0.15, 0.2) is 39.7 Å². The van der Waals surface area contributed by atoms with E-state index in [9.17, 15) is 13.2 Å². The number of anilines is 1. The zero-order chi connectivity index (χ0) is 14.0. The second-order valence-electron chi connectivity index (χ2n) is 3.88. The molecule has 100 valence electrons. The van der Waals surface area contributed by atoms with E-state index in [1.54, 1.807) is 6.07 Å². The van der Waals surface area contributed by atoms with Gasteiger partial charge in [0.25, 0.3) is 0 Å². The molecule has 2 aromatic carbocycles. The Kier molecular flexibility index (Phi) is 4.42. The van der Waals surface area contributed by atoms with Crippen molar-refractivity contribution < 1.29 is 13.2 Å². The molecule has 2 aromatic rings. The van der Waals surface area contributed by atoms with Crippen molar-refractivity contribution in [3.63, 3.8) is 0 Å². The summed E-state index contributed by atoms with van der Waals surface area (Å²) < 4.78 is 40.8. The summed E-state index contributed by atoms with van der Waals surface area (Å²) in [6.07, 6.45) is 0. The fourth-order valence-electron chi connectivity index (χ4n) is 1.57. The number of hydrogen-bond donors (Lipinski definition) is 1. The zero-order valence-electron chi connectivity index (χ0n) is 9.59. The van der Waals surface area contributed by atoms with Crippen LogP contribution in [0.2, 0.25) is 0 Å². The number of hydrogen-bond acceptors (Lipinski definition) is 2. The summed E-state index contributed by atoms with van der Waals surface area (Å²) in [6, 6.07) is 6.46. The van der Waals surface area contributed by atoms with Gasteiger partial charge in [-0.2, -0.15) is 0 Å². The Morgan fingerprint density at radius 2 is 1.63 bits per heavy atom. The second kappa shape index (κ2) is 5.88. The van der Waals surface area contributed by atoms with E-state index < -0.39 is 17.5 Å². The van der Waals surface area contributed by atoms with Gasteiger partial charge in [0, 0.05) is 15.9 Å². The number of halogens is 4. The van der Waals surface area contributed by atoms with Gasteiger partial charge in [-0.3, -0.25) is 0 Å². The lowest BCUT2D eigenvalue weighted by atomic mass is 10.2. The molecular weight excluding hydrogens is 339 g/mol. The highest BCUT2D eigenvalue weighted by molar-refractivity contribution is 9.10. The third-order valence-electron chi connectivity index (χ3n) is 2.33. The minimum atomic E-state index is -0.710. The number of nitrogen functional groups attached to an aromatic ring is 1. The Hall–Kier alpha value is -1.14. The van der Waals surface area contributed by atoms with Crippen molar-refractivity contribution in [2.75, 3.05) is 5.73 Å². The van der Waals surface area contributed by atoms with Crippen molar-refractivity contribution in [2.24, 2.45) is 0 Å². The predicted octanol–water partition coefficient (Wildman–Crippen LogP) is 4.74. The topological polar surface area (TPSA) is 26.0 Å². The quantitative estimate of drug-likeness (QED) is 0.640. The summed E-state index contributed by atoms with van der Waals surface area (Å²) >= 11 is 4.12. The Morgan fingerprint density at radius 3 is 2.21 bits per heavy atom. The average Bonchev–Trinajstić information content (AvgIpc) is 2.25. The van der Waals surface area contributed by atoms with Crippen LogP contribution in [0.3, 0.4) is 0 Å². The van der Waals surface area contributed by atoms with E-state index in [2.05, 4.69) is 15.9 Å². The van der Waals surface area contributed by atoms with Crippen molar-refractivity contribution in [3.8, 4) is 0 Å². The van der Waals surface area contributed by atoms with Crippen LogP contribution in [0.25, 0.3) is 0 Å². The normalized spacial score (nSPS) is 10.7. The van der Waals surface area contributed by atoms with Crippen LogP contribution in [-0.4, -0.2) is 0 Å². The van der Waals surface area contributed by atoms with Crippen LogP contribution in [0.1, 0.15) is 5.56 Å². The van der Waals surface area contributed by atoms with Crippen molar-refractivity contribution >= 4 is 33.4 Å². The molecule has 2 rings (SSSR count). The molecule has 19 heavy (non-hydrogen) atoms. The summed E-state index contributed by atoms with van der Waals surface area (Å²) in [5, 5.41) is 0. The van der Waals surface area contributed by atoms with Crippen LogP contribution < -0.4 is 5.73 Å². The number of rotatable bonds is 3. The minimum absolute atomic E-state index is 0.0350. The molecule has 0 aromatic heterocycles. The van der Waals surface area contributed by atoms with Gasteiger partial charge >= 0.3 is 0 Å². The molecule has 0 aliphatic rings. The third-order valence-corrected chi connectivity index (χ3v) is 3.94. The SMILES string of the molecule is Nc1cc(F)c(SCc2cc(F)cc(Br)c2)c(F)c1. The number of thioether (sulfide) groups is 1. The van der Waals surface area contributed by atoms with Crippen LogP contribution in [0, 0.1) is 17.5 Å². The van der Waals surface area contributed by atoms with E-state index in [1.165, 1.54) is 12.1 Å². The molecule has 0 radical (unpaired) electrons. The lowest BCUT2D eigenvalue weighted by Gasteiger charge is -2.06. The molecule has 6 heteroatoms. The summed E-state index contributed by atoms with van der Waals surface area (Å²) in [5.41, 5.74) is 6.00. The maximum absolute atomic E-state index is 13.5. The van der Waals surface area contributed by atoms with Gasteiger partial charge in [-0.25, -0.2) is 13.2 Å². The van der Waals surface area contributed by atoms with Gasteiger partial charge in [0.05, 0.1) is 4.90 Å². The molecular formula is C13H9BrF3NS. The van der Waals surface area contributed by atoms with Crippen molar-refractivity contribution in [2.45, 2.75) is 10.6 Å². The largest absolute Gasteiger partial charge is 0.399 e. The summed E-state index contributed by atoms with van der Waals surface area (Å²) in [7, 11) is 0. The lowest BCUT2D eigenvalue weighted by Crippen LogP contribution is -1.94. The predicted molar refractivity (Wildman–Crippen MR) is 74.4 cm³/mol. The molecule has 0 aliphatic carbocycles. The van der Waals surface area contributed by atoms with Gasteiger partial charge in [-0.1, -0.05) is 15.9 Å². The van der Waals surface area contributed by atoms with E-state index in [0.717, 1.165) is 23.9 Å². The molecule has 1 nitrogen and oxygen atoms in total. The summed E-state index contributed by atoms with van der Waals surface area (Å²) in [6.45, 7) is 0. The first-order valence-electron chi connectivity index (χ1n) is 5.28. The maximum Gasteiger partial charge on any atom is 0.141 e. The summed E-state index contributed by atoms with van der Waals surface area (Å²) in [5.74, 6) is -1.56. The van der Waals surface area contributed by atoms with Gasteiger partial charge in [-0.15, -0.1) is 11.8 Å². The smallest absolute Gasteiger partial charge is 0.141 e. The molecule has 0 saturated heterocycles. The van der Waals surface area contributed by atoms with Gasteiger partial charge in [0.2, 0.25) is 0 Å². The molecule has 0 saturated carbocycles. The molecule has 0 heterocycles. The van der Waals surface area contributed by atoms with Crippen LogP contribution in [0.5, 0.6) is 0 Å². The standard InChI is InChI=1S/C13H9BrF3NS/c14-8-1-7(2-9(15)3-8)6-19-13-11(16)4-10(18)5-12(13)17/h1-5H,6,18H2. The molecule has 0 amide bonds. The number of nitrogens with two attached hydrogens (primary N) is 1. The van der Waals surface area contributed by atoms with E-state index in [1.807, 2.05) is 0 Å². The Bertz CT molecular complexity index is 576. The minimum Gasteiger partial charge on any atom is -0.399 e. The summed E-state index contributed by atoms with van der Waals surface area (Å²) in [4.78, 5) is -0.116. The van der Waals surface area contributed by atoms with E-state index in [-0.39, 0.29) is 16.3 Å². The lowest BCUT2D eigenvalue weighted by molar-refractivity contribution is 0.542. The van der Waals surface area contributed by atoms with Crippen LogP contribution >= 0.6 is 27.7 Å². The fourth-order valence-corrected chi connectivity index (χ4v) is 2.95. The molecule has 0 atom stereocenters. The first-order chi connectivity index (χ1) is 8.95. The second-order valence-corrected chi connectivity index (χ2v) is 5.78. The highest BCUT2D eigenvalue weighted by atomic mass is 79.9. The molecule has 0 spiro atoms. The third kappa shape index (κ3) is 3.67.